The van der Waals surface area contributed by atoms with Crippen molar-refractivity contribution in [1.82, 2.24) is 10.2 Å². The predicted octanol–water partition coefficient (Wildman–Crippen LogP) is 5.37. The number of aliphatic hydroxyl groups is 1. The van der Waals surface area contributed by atoms with E-state index in [9.17, 15) is 9.90 Å². The smallest absolute Gasteiger partial charge is 0.289 e. The van der Waals surface area contributed by atoms with Gasteiger partial charge in [0.2, 0.25) is 0 Å². The van der Waals surface area contributed by atoms with E-state index in [1.807, 2.05) is 36.4 Å². The fourth-order valence-electron chi connectivity index (χ4n) is 5.23. The number of anilines is 1. The summed E-state index contributed by atoms with van der Waals surface area (Å²) >= 11 is 6.70. The van der Waals surface area contributed by atoms with Gasteiger partial charge in [0.1, 0.15) is 5.58 Å². The third-order valence-electron chi connectivity index (χ3n) is 6.69. The number of fused-ring (bicyclic) bond motifs is 4. The Balaban J connectivity index is 1.58. The Kier molecular flexibility index (Phi) is 5.81. The highest BCUT2D eigenvalue weighted by Crippen LogP contribution is 2.49. The number of hydrogen-bond acceptors (Lipinski definition) is 5. The van der Waals surface area contributed by atoms with E-state index >= 15 is 0 Å². The Morgan fingerprint density at radius 1 is 1.18 bits per heavy atom. The van der Waals surface area contributed by atoms with Gasteiger partial charge >= 0.3 is 0 Å². The molecule has 3 N–H and O–H groups in total. The average Bonchev–Trinajstić information content (AvgIpc) is 3.23. The van der Waals surface area contributed by atoms with E-state index in [1.165, 1.54) is 6.42 Å². The molecular formula is C26H28ClN3O3. The SMILES string of the molecule is C=C1Nc2c(Cl)cc3cc(C(=O)N(CCO)Cc4ccccc4)oc3c2C2(CCCCC2)N1. The van der Waals surface area contributed by atoms with Crippen LogP contribution in [0.4, 0.5) is 5.69 Å². The van der Waals surface area contributed by atoms with E-state index in [0.717, 1.165) is 53.7 Å². The van der Waals surface area contributed by atoms with Gasteiger partial charge in [0, 0.05) is 24.0 Å². The summed E-state index contributed by atoms with van der Waals surface area (Å²) in [7, 11) is 0. The summed E-state index contributed by atoms with van der Waals surface area (Å²) in [6.07, 6.45) is 5.29. The third kappa shape index (κ3) is 3.98. The minimum atomic E-state index is -0.313. The second-order valence-electron chi connectivity index (χ2n) is 8.94. The lowest BCUT2D eigenvalue weighted by Gasteiger charge is -2.44. The summed E-state index contributed by atoms with van der Waals surface area (Å²) in [5.41, 5.74) is 3.14. The van der Waals surface area contributed by atoms with Gasteiger partial charge in [-0.2, -0.15) is 0 Å². The highest BCUT2D eigenvalue weighted by molar-refractivity contribution is 6.34. The molecule has 1 spiro atoms. The first-order chi connectivity index (χ1) is 16.0. The molecule has 0 atom stereocenters. The van der Waals surface area contributed by atoms with Gasteiger partial charge in [0.05, 0.1) is 28.7 Å². The third-order valence-corrected chi connectivity index (χ3v) is 6.99. The Labute approximate surface area is 198 Å². The number of halogens is 1. The number of nitrogens with one attached hydrogen (secondary N) is 2. The number of rotatable bonds is 5. The fourth-order valence-corrected chi connectivity index (χ4v) is 5.49. The zero-order valence-electron chi connectivity index (χ0n) is 18.5. The maximum Gasteiger partial charge on any atom is 0.289 e. The topological polar surface area (TPSA) is 77.7 Å². The highest BCUT2D eigenvalue weighted by Gasteiger charge is 2.42. The monoisotopic (exact) mass is 465 g/mol. The van der Waals surface area contributed by atoms with E-state index < -0.39 is 0 Å². The van der Waals surface area contributed by atoms with Gasteiger partial charge in [-0.1, -0.05) is 67.8 Å². The predicted molar refractivity (Wildman–Crippen MR) is 130 cm³/mol. The first-order valence-electron chi connectivity index (χ1n) is 11.5. The molecule has 1 fully saturated rings. The van der Waals surface area contributed by atoms with Crippen molar-refractivity contribution in [3.8, 4) is 0 Å². The van der Waals surface area contributed by atoms with Crippen molar-refractivity contribution >= 4 is 34.2 Å². The van der Waals surface area contributed by atoms with Gasteiger partial charge in [-0.05, 0) is 30.5 Å². The minimum absolute atomic E-state index is 0.126. The number of carbonyl (C=O) groups excluding carboxylic acids is 1. The van der Waals surface area contributed by atoms with Crippen molar-refractivity contribution in [2.45, 2.75) is 44.2 Å². The number of nitrogens with zero attached hydrogens (tertiary/aromatic N) is 1. The molecule has 5 rings (SSSR count). The highest BCUT2D eigenvalue weighted by atomic mass is 35.5. The molecule has 2 aliphatic rings. The number of benzene rings is 2. The Morgan fingerprint density at radius 2 is 1.94 bits per heavy atom. The van der Waals surface area contributed by atoms with Crippen LogP contribution < -0.4 is 10.6 Å². The van der Waals surface area contributed by atoms with Gasteiger partial charge in [-0.3, -0.25) is 4.79 Å². The standard InChI is InChI=1S/C26H28ClN3O3/c1-17-28-23-20(27)14-19-15-21(25(32)30(12-13-31)16-18-8-4-2-5-9-18)33-24(19)22(23)26(29-17)10-6-3-7-11-26/h2,4-5,8-9,14-15,28-29,31H,1,3,6-7,10-13,16H2. The zero-order valence-corrected chi connectivity index (χ0v) is 19.3. The molecule has 1 saturated carbocycles. The van der Waals surface area contributed by atoms with Gasteiger partial charge in [-0.15, -0.1) is 0 Å². The quantitative estimate of drug-likeness (QED) is 0.472. The summed E-state index contributed by atoms with van der Waals surface area (Å²) in [5.74, 6) is 0.715. The molecule has 1 aliphatic carbocycles. The van der Waals surface area contributed by atoms with Crippen LogP contribution in [0.1, 0.15) is 53.8 Å². The molecule has 7 heteroatoms. The van der Waals surface area contributed by atoms with Crippen LogP contribution in [-0.4, -0.2) is 29.1 Å². The summed E-state index contributed by atoms with van der Waals surface area (Å²) in [5, 5.41) is 17.8. The molecule has 1 aliphatic heterocycles. The molecule has 33 heavy (non-hydrogen) atoms. The molecule has 0 radical (unpaired) electrons. The number of amides is 1. The van der Waals surface area contributed by atoms with Crippen LogP contribution in [0.15, 0.2) is 59.3 Å². The van der Waals surface area contributed by atoms with E-state index in [2.05, 4.69) is 17.2 Å². The second kappa shape index (κ2) is 8.76. The van der Waals surface area contributed by atoms with Crippen LogP contribution in [-0.2, 0) is 12.1 Å². The molecule has 1 aromatic heterocycles. The number of hydrogen-bond donors (Lipinski definition) is 3. The fraction of sp³-hybridized carbons (Fsp3) is 0.346. The van der Waals surface area contributed by atoms with Crippen LogP contribution in [0, 0.1) is 0 Å². The lowest BCUT2D eigenvalue weighted by atomic mass is 9.74. The number of furan rings is 1. The van der Waals surface area contributed by atoms with E-state index in [-0.39, 0.29) is 30.4 Å². The van der Waals surface area contributed by atoms with Gasteiger partial charge in [0.25, 0.3) is 5.91 Å². The lowest BCUT2D eigenvalue weighted by molar-refractivity contribution is 0.0678. The Bertz CT molecular complexity index is 1200. The molecule has 6 nitrogen and oxygen atoms in total. The average molecular weight is 466 g/mol. The van der Waals surface area contributed by atoms with Gasteiger partial charge in [0.15, 0.2) is 5.76 Å². The van der Waals surface area contributed by atoms with E-state index in [4.69, 9.17) is 16.0 Å². The van der Waals surface area contributed by atoms with E-state index in [0.29, 0.717) is 17.2 Å². The number of aliphatic hydroxyl groups excluding tert-OH is 1. The van der Waals surface area contributed by atoms with Crippen molar-refractivity contribution in [2.24, 2.45) is 0 Å². The first kappa shape index (κ1) is 21.9. The van der Waals surface area contributed by atoms with Gasteiger partial charge in [-0.25, -0.2) is 0 Å². The molecule has 0 bridgehead atoms. The summed E-state index contributed by atoms with van der Waals surface area (Å²) in [6.45, 7) is 4.59. The summed E-state index contributed by atoms with van der Waals surface area (Å²) < 4.78 is 6.27. The van der Waals surface area contributed by atoms with Crippen LogP contribution in [0.2, 0.25) is 5.02 Å². The van der Waals surface area contributed by atoms with Crippen molar-refractivity contribution in [3.63, 3.8) is 0 Å². The molecular weight excluding hydrogens is 438 g/mol. The van der Waals surface area contributed by atoms with E-state index in [1.54, 1.807) is 11.0 Å². The van der Waals surface area contributed by atoms with Crippen LogP contribution in [0.5, 0.6) is 0 Å². The molecule has 0 unspecified atom stereocenters. The Morgan fingerprint density at radius 3 is 2.67 bits per heavy atom. The molecule has 3 aromatic rings. The largest absolute Gasteiger partial charge is 0.450 e. The molecule has 0 saturated heterocycles. The van der Waals surface area contributed by atoms with Crippen LogP contribution in [0.3, 0.4) is 0 Å². The normalized spacial score (nSPS) is 16.8. The van der Waals surface area contributed by atoms with Crippen molar-refractivity contribution < 1.29 is 14.3 Å². The Hall–Kier alpha value is -2.96. The van der Waals surface area contributed by atoms with Gasteiger partial charge < -0.3 is 25.1 Å². The second-order valence-corrected chi connectivity index (χ2v) is 9.35. The first-order valence-corrected chi connectivity index (χ1v) is 11.8. The van der Waals surface area contributed by atoms with Crippen molar-refractivity contribution in [3.05, 3.63) is 76.8 Å². The van der Waals surface area contributed by atoms with Crippen LogP contribution >= 0.6 is 11.6 Å². The van der Waals surface area contributed by atoms with Crippen molar-refractivity contribution in [1.29, 1.82) is 0 Å². The maximum atomic E-state index is 13.4. The summed E-state index contributed by atoms with van der Waals surface area (Å²) in [6, 6.07) is 13.3. The number of carbonyl (C=O) groups is 1. The van der Waals surface area contributed by atoms with Crippen LogP contribution in [0.25, 0.3) is 11.0 Å². The molecule has 172 valence electrons. The maximum absolute atomic E-state index is 13.4. The molecule has 2 heterocycles. The zero-order chi connectivity index (χ0) is 23.0. The molecule has 2 aromatic carbocycles. The van der Waals surface area contributed by atoms with Crippen molar-refractivity contribution in [2.75, 3.05) is 18.5 Å². The minimum Gasteiger partial charge on any atom is -0.450 e. The summed E-state index contributed by atoms with van der Waals surface area (Å²) in [4.78, 5) is 15.0. The lowest BCUT2D eigenvalue weighted by Crippen LogP contribution is -2.48. The molecule has 1 amide bonds.